The molecule has 6 heteroatoms. The number of ether oxygens (including phenoxy) is 2. The number of carbonyl (C=O) groups is 2. The smallest absolute Gasteiger partial charge is 0.363 e. The molecule has 3 aromatic carbocycles. The molecular weight excluding hydrogens is 421 g/mol. The van der Waals surface area contributed by atoms with Gasteiger partial charge in [0.05, 0.1) is 5.56 Å². The average Bonchev–Trinajstić information content (AvgIpc) is 3.14. The first-order chi connectivity index (χ1) is 15.7. The Morgan fingerprint density at radius 2 is 1.73 bits per heavy atom. The van der Waals surface area contributed by atoms with Crippen molar-refractivity contribution in [2.75, 3.05) is 0 Å². The lowest BCUT2D eigenvalue weighted by Crippen LogP contribution is -2.11. The van der Waals surface area contributed by atoms with E-state index in [9.17, 15) is 14.0 Å². The molecule has 166 valence electrons. The van der Waals surface area contributed by atoms with Crippen LogP contribution in [0.1, 0.15) is 47.8 Å². The number of nitrogens with zero attached hydrogens (tertiary/aromatic N) is 1. The zero-order chi connectivity index (χ0) is 23.6. The molecule has 4 rings (SSSR count). The summed E-state index contributed by atoms with van der Waals surface area (Å²) in [6.45, 7) is 6.37. The van der Waals surface area contributed by atoms with Gasteiger partial charge in [0.2, 0.25) is 5.90 Å². The molecular formula is C27H22FNO4. The second-order valence-electron chi connectivity index (χ2n) is 8.61. The molecule has 0 saturated heterocycles. The van der Waals surface area contributed by atoms with Gasteiger partial charge in [0.15, 0.2) is 5.70 Å². The lowest BCUT2D eigenvalue weighted by molar-refractivity contribution is -0.129. The van der Waals surface area contributed by atoms with Crippen molar-refractivity contribution in [1.82, 2.24) is 0 Å². The summed E-state index contributed by atoms with van der Waals surface area (Å²) in [6.07, 6.45) is 1.54. The van der Waals surface area contributed by atoms with E-state index in [0.717, 1.165) is 5.56 Å². The Morgan fingerprint density at radius 1 is 1.00 bits per heavy atom. The summed E-state index contributed by atoms with van der Waals surface area (Å²) >= 11 is 0. The largest absolute Gasteiger partial charge is 0.423 e. The minimum atomic E-state index is -0.808. The Kier molecular flexibility index (Phi) is 5.92. The van der Waals surface area contributed by atoms with Gasteiger partial charge < -0.3 is 9.47 Å². The Bertz CT molecular complexity index is 1280. The first-order valence-electron chi connectivity index (χ1n) is 10.4. The van der Waals surface area contributed by atoms with Crippen molar-refractivity contribution in [1.29, 1.82) is 0 Å². The third kappa shape index (κ3) is 5.06. The Morgan fingerprint density at radius 3 is 2.42 bits per heavy atom. The average molecular weight is 443 g/mol. The number of esters is 2. The zero-order valence-corrected chi connectivity index (χ0v) is 18.5. The number of hydrogen-bond donors (Lipinski definition) is 0. The van der Waals surface area contributed by atoms with Crippen LogP contribution in [0.3, 0.4) is 0 Å². The fourth-order valence-corrected chi connectivity index (χ4v) is 3.26. The highest BCUT2D eigenvalue weighted by molar-refractivity contribution is 6.12. The highest BCUT2D eigenvalue weighted by Gasteiger charge is 2.25. The first kappa shape index (κ1) is 22.1. The molecule has 0 aliphatic carbocycles. The molecule has 0 radical (unpaired) electrons. The van der Waals surface area contributed by atoms with Crippen LogP contribution in [0.4, 0.5) is 4.39 Å². The maximum absolute atomic E-state index is 13.8. The zero-order valence-electron chi connectivity index (χ0n) is 18.5. The van der Waals surface area contributed by atoms with Gasteiger partial charge in [-0.3, -0.25) is 0 Å². The molecule has 0 N–H and O–H groups in total. The second-order valence-corrected chi connectivity index (χ2v) is 8.61. The summed E-state index contributed by atoms with van der Waals surface area (Å²) in [5, 5.41) is 0. The quantitative estimate of drug-likeness (QED) is 0.295. The van der Waals surface area contributed by atoms with Crippen LogP contribution < -0.4 is 4.74 Å². The number of halogens is 1. The Labute approximate surface area is 191 Å². The van der Waals surface area contributed by atoms with Crippen molar-refractivity contribution in [2.24, 2.45) is 4.99 Å². The number of rotatable bonds is 4. The molecule has 33 heavy (non-hydrogen) atoms. The molecule has 0 aromatic heterocycles. The summed E-state index contributed by atoms with van der Waals surface area (Å²) in [4.78, 5) is 28.9. The first-order valence-corrected chi connectivity index (χ1v) is 10.4. The number of cyclic esters (lactones) is 1. The van der Waals surface area contributed by atoms with Gasteiger partial charge in [0.25, 0.3) is 0 Å². The second kappa shape index (κ2) is 8.82. The Balaban J connectivity index is 1.54. The monoisotopic (exact) mass is 443 g/mol. The lowest BCUT2D eigenvalue weighted by Gasteiger charge is -2.18. The molecule has 0 saturated carbocycles. The van der Waals surface area contributed by atoms with Gasteiger partial charge >= 0.3 is 11.9 Å². The predicted octanol–water partition coefficient (Wildman–Crippen LogP) is 5.69. The van der Waals surface area contributed by atoms with E-state index in [4.69, 9.17) is 9.47 Å². The van der Waals surface area contributed by atoms with Crippen molar-refractivity contribution < 1.29 is 23.5 Å². The molecule has 1 aliphatic rings. The molecule has 5 nitrogen and oxygen atoms in total. The third-order valence-corrected chi connectivity index (χ3v) is 5.08. The van der Waals surface area contributed by atoms with Crippen LogP contribution in [0.25, 0.3) is 6.08 Å². The topological polar surface area (TPSA) is 65.0 Å². The van der Waals surface area contributed by atoms with Crippen LogP contribution in [-0.2, 0) is 14.9 Å². The van der Waals surface area contributed by atoms with Gasteiger partial charge in [0.1, 0.15) is 11.6 Å². The molecule has 0 atom stereocenters. The molecule has 0 fully saturated rings. The van der Waals surface area contributed by atoms with Crippen LogP contribution in [0.15, 0.2) is 83.5 Å². The van der Waals surface area contributed by atoms with Crippen LogP contribution in [0.5, 0.6) is 5.75 Å². The number of aliphatic imine (C=N–C) groups is 1. The van der Waals surface area contributed by atoms with E-state index in [1.807, 2.05) is 24.3 Å². The van der Waals surface area contributed by atoms with Crippen molar-refractivity contribution in [3.63, 3.8) is 0 Å². The van der Waals surface area contributed by atoms with Crippen molar-refractivity contribution in [3.05, 3.63) is 107 Å². The number of benzene rings is 3. The standard InChI is InChI=1S/C27H22FNO4/c1-27(2,3)19-13-11-18(12-14-19)24-29-23(26(31)33-24)16-17-7-6-8-20(15-17)32-25(30)21-9-4-5-10-22(21)28/h4-16H,1-3H3. The molecule has 0 bridgehead atoms. The van der Waals surface area contributed by atoms with Crippen molar-refractivity contribution >= 4 is 23.9 Å². The minimum Gasteiger partial charge on any atom is -0.423 e. The maximum atomic E-state index is 13.8. The molecule has 0 unspecified atom stereocenters. The van der Waals surface area contributed by atoms with Gasteiger partial charge in [-0.2, -0.15) is 0 Å². The normalized spacial score (nSPS) is 14.7. The van der Waals surface area contributed by atoms with E-state index < -0.39 is 17.8 Å². The van der Waals surface area contributed by atoms with E-state index in [0.29, 0.717) is 11.1 Å². The number of hydrogen-bond acceptors (Lipinski definition) is 5. The minimum absolute atomic E-state index is 0.0124. The van der Waals surface area contributed by atoms with Gasteiger partial charge in [-0.25, -0.2) is 19.0 Å². The van der Waals surface area contributed by atoms with E-state index >= 15 is 0 Å². The highest BCUT2D eigenvalue weighted by atomic mass is 19.1. The SMILES string of the molecule is CC(C)(C)c1ccc(C2=NC(=Cc3cccc(OC(=O)c4ccccc4F)c3)C(=O)O2)cc1. The third-order valence-electron chi connectivity index (χ3n) is 5.08. The van der Waals surface area contributed by atoms with Crippen LogP contribution in [0, 0.1) is 5.82 Å². The molecule has 0 spiro atoms. The van der Waals surface area contributed by atoms with E-state index in [-0.39, 0.29) is 28.3 Å². The molecule has 1 heterocycles. The van der Waals surface area contributed by atoms with Gasteiger partial charge in [-0.05, 0) is 59.0 Å². The van der Waals surface area contributed by atoms with Crippen LogP contribution in [0.2, 0.25) is 0 Å². The summed E-state index contributed by atoms with van der Waals surface area (Å²) in [5.74, 6) is -1.59. The van der Waals surface area contributed by atoms with E-state index in [1.54, 1.807) is 36.4 Å². The van der Waals surface area contributed by atoms with Crippen LogP contribution in [-0.4, -0.2) is 17.8 Å². The summed E-state index contributed by atoms with van der Waals surface area (Å²) in [6, 6.07) is 19.8. The van der Waals surface area contributed by atoms with Gasteiger partial charge in [-0.1, -0.05) is 57.2 Å². The Hall–Kier alpha value is -4.06. The van der Waals surface area contributed by atoms with E-state index in [1.165, 1.54) is 18.2 Å². The number of carbonyl (C=O) groups excluding carboxylic acids is 2. The fourth-order valence-electron chi connectivity index (χ4n) is 3.26. The molecule has 3 aromatic rings. The summed E-state index contributed by atoms with van der Waals surface area (Å²) < 4.78 is 24.4. The van der Waals surface area contributed by atoms with Crippen molar-refractivity contribution in [2.45, 2.75) is 26.2 Å². The molecule has 0 amide bonds. The summed E-state index contributed by atoms with van der Waals surface area (Å²) in [7, 11) is 0. The predicted molar refractivity (Wildman–Crippen MR) is 124 cm³/mol. The van der Waals surface area contributed by atoms with Crippen LogP contribution >= 0.6 is 0 Å². The van der Waals surface area contributed by atoms with Gasteiger partial charge in [-0.15, -0.1) is 0 Å². The molecule has 1 aliphatic heterocycles. The van der Waals surface area contributed by atoms with Gasteiger partial charge in [0, 0.05) is 5.56 Å². The lowest BCUT2D eigenvalue weighted by atomic mass is 9.87. The van der Waals surface area contributed by atoms with Crippen molar-refractivity contribution in [3.8, 4) is 5.75 Å². The van der Waals surface area contributed by atoms with E-state index in [2.05, 4.69) is 25.8 Å². The maximum Gasteiger partial charge on any atom is 0.363 e. The highest BCUT2D eigenvalue weighted by Crippen LogP contribution is 2.25. The summed E-state index contributed by atoms with van der Waals surface area (Å²) in [5.41, 5.74) is 2.42. The fraction of sp³-hybridized carbons (Fsp3) is 0.148.